The monoisotopic (exact) mass is 264 g/mol. The Bertz CT molecular complexity index is 370. The van der Waals surface area contributed by atoms with Crippen molar-refractivity contribution in [2.75, 3.05) is 19.6 Å². The van der Waals surface area contributed by atoms with Gasteiger partial charge in [-0.1, -0.05) is 6.92 Å². The van der Waals surface area contributed by atoms with Crippen molar-refractivity contribution in [2.24, 2.45) is 11.8 Å². The smallest absolute Gasteiger partial charge is 0.227 e. The van der Waals surface area contributed by atoms with Crippen LogP contribution >= 0.6 is 0 Å². The molecule has 1 unspecified atom stereocenters. The first kappa shape index (κ1) is 12.9. The van der Waals surface area contributed by atoms with Crippen LogP contribution in [0.15, 0.2) is 0 Å². The zero-order valence-electron chi connectivity index (χ0n) is 11.8. The molecule has 19 heavy (non-hydrogen) atoms. The molecule has 0 bridgehead atoms. The van der Waals surface area contributed by atoms with Gasteiger partial charge in [-0.05, 0) is 38.0 Å². The highest BCUT2D eigenvalue weighted by Gasteiger charge is 2.41. The average molecular weight is 264 g/mol. The van der Waals surface area contributed by atoms with Gasteiger partial charge in [-0.15, -0.1) is 0 Å². The Morgan fingerprint density at radius 1 is 1.16 bits per heavy atom. The van der Waals surface area contributed by atoms with E-state index < -0.39 is 0 Å². The van der Waals surface area contributed by atoms with Crippen LogP contribution in [0.3, 0.4) is 0 Å². The fourth-order valence-electron chi connectivity index (χ4n) is 3.44. The molecule has 2 saturated heterocycles. The molecule has 0 aromatic carbocycles. The lowest BCUT2D eigenvalue weighted by Gasteiger charge is -2.35. The summed E-state index contributed by atoms with van der Waals surface area (Å²) < 4.78 is 0. The maximum absolute atomic E-state index is 12.5. The lowest BCUT2D eigenvalue weighted by atomic mass is 9.92. The van der Waals surface area contributed by atoms with Crippen molar-refractivity contribution < 1.29 is 9.59 Å². The van der Waals surface area contributed by atoms with Crippen LogP contribution in [0.25, 0.3) is 0 Å². The van der Waals surface area contributed by atoms with E-state index in [0.717, 1.165) is 44.7 Å². The summed E-state index contributed by atoms with van der Waals surface area (Å²) in [6.45, 7) is 4.69. The van der Waals surface area contributed by atoms with Gasteiger partial charge in [-0.3, -0.25) is 9.59 Å². The van der Waals surface area contributed by atoms with Gasteiger partial charge in [0.2, 0.25) is 11.8 Å². The van der Waals surface area contributed by atoms with Gasteiger partial charge in [-0.2, -0.15) is 0 Å². The average Bonchev–Trinajstić information content (AvgIpc) is 2.70. The van der Waals surface area contributed by atoms with E-state index in [4.69, 9.17) is 0 Å². The molecule has 2 amide bonds. The number of carbonyl (C=O) groups is 2. The van der Waals surface area contributed by atoms with Crippen LogP contribution in [-0.4, -0.2) is 47.3 Å². The van der Waals surface area contributed by atoms with Crippen LogP contribution in [0, 0.1) is 11.8 Å². The SMILES string of the molecule is CC1CCN(C(=O)C2CC(=O)N(C3CCC3)C2)CC1. The van der Waals surface area contributed by atoms with E-state index in [-0.39, 0.29) is 17.7 Å². The quantitative estimate of drug-likeness (QED) is 0.761. The molecule has 3 rings (SSSR count). The van der Waals surface area contributed by atoms with Crippen molar-refractivity contribution in [3.8, 4) is 0 Å². The molecule has 0 aromatic heterocycles. The van der Waals surface area contributed by atoms with E-state index in [0.29, 0.717) is 19.0 Å². The molecule has 3 fully saturated rings. The van der Waals surface area contributed by atoms with Gasteiger partial charge in [0.1, 0.15) is 0 Å². The summed E-state index contributed by atoms with van der Waals surface area (Å²) in [7, 11) is 0. The van der Waals surface area contributed by atoms with Gasteiger partial charge in [0.05, 0.1) is 5.92 Å². The predicted octanol–water partition coefficient (Wildman–Crippen LogP) is 1.65. The third kappa shape index (κ3) is 2.49. The maximum atomic E-state index is 12.5. The summed E-state index contributed by atoms with van der Waals surface area (Å²) in [6, 6.07) is 0.437. The second-order valence-electron chi connectivity index (χ2n) is 6.54. The first-order valence-electron chi connectivity index (χ1n) is 7.73. The van der Waals surface area contributed by atoms with E-state index in [9.17, 15) is 9.59 Å². The van der Waals surface area contributed by atoms with Gasteiger partial charge in [0, 0.05) is 32.1 Å². The Morgan fingerprint density at radius 3 is 2.42 bits per heavy atom. The lowest BCUT2D eigenvalue weighted by Crippen LogP contribution is -2.44. The van der Waals surface area contributed by atoms with Gasteiger partial charge in [0.15, 0.2) is 0 Å². The fourth-order valence-corrected chi connectivity index (χ4v) is 3.44. The molecule has 4 heteroatoms. The number of nitrogens with zero attached hydrogens (tertiary/aromatic N) is 2. The van der Waals surface area contributed by atoms with E-state index in [2.05, 4.69) is 6.92 Å². The minimum absolute atomic E-state index is 0.0680. The second kappa shape index (κ2) is 5.14. The molecule has 0 N–H and O–H groups in total. The predicted molar refractivity (Wildman–Crippen MR) is 72.4 cm³/mol. The summed E-state index contributed by atoms with van der Waals surface area (Å²) >= 11 is 0. The van der Waals surface area contributed by atoms with Crippen LogP contribution in [0.1, 0.15) is 45.4 Å². The minimum atomic E-state index is -0.0680. The normalized spacial score (nSPS) is 29.7. The third-order valence-electron chi connectivity index (χ3n) is 5.12. The van der Waals surface area contributed by atoms with Gasteiger partial charge < -0.3 is 9.80 Å². The Hall–Kier alpha value is -1.06. The zero-order valence-corrected chi connectivity index (χ0v) is 11.8. The lowest BCUT2D eigenvalue weighted by molar-refractivity contribution is -0.137. The van der Waals surface area contributed by atoms with E-state index in [1.807, 2.05) is 9.80 Å². The summed E-state index contributed by atoms with van der Waals surface area (Å²) in [5.41, 5.74) is 0. The Kier molecular flexibility index (Phi) is 3.50. The summed E-state index contributed by atoms with van der Waals surface area (Å²) in [6.07, 6.45) is 6.16. The Balaban J connectivity index is 1.57. The third-order valence-corrected chi connectivity index (χ3v) is 5.12. The summed E-state index contributed by atoms with van der Waals surface area (Å²) in [4.78, 5) is 28.4. The topological polar surface area (TPSA) is 40.6 Å². The van der Waals surface area contributed by atoms with Crippen molar-refractivity contribution >= 4 is 11.8 Å². The number of hydrogen-bond acceptors (Lipinski definition) is 2. The molecule has 0 radical (unpaired) electrons. The van der Waals surface area contributed by atoms with Crippen molar-refractivity contribution in [1.82, 2.24) is 9.80 Å². The number of rotatable bonds is 2. The maximum Gasteiger partial charge on any atom is 0.227 e. The van der Waals surface area contributed by atoms with Crippen LogP contribution in [0.5, 0.6) is 0 Å². The molecule has 1 saturated carbocycles. The van der Waals surface area contributed by atoms with E-state index in [1.54, 1.807) is 0 Å². The minimum Gasteiger partial charge on any atom is -0.342 e. The van der Waals surface area contributed by atoms with Crippen molar-refractivity contribution in [3.05, 3.63) is 0 Å². The second-order valence-corrected chi connectivity index (χ2v) is 6.54. The molecule has 0 aromatic rings. The van der Waals surface area contributed by atoms with E-state index >= 15 is 0 Å². The van der Waals surface area contributed by atoms with Gasteiger partial charge in [0.25, 0.3) is 0 Å². The highest BCUT2D eigenvalue weighted by Crippen LogP contribution is 2.31. The van der Waals surface area contributed by atoms with Crippen molar-refractivity contribution in [2.45, 2.75) is 51.5 Å². The Labute approximate surface area is 115 Å². The van der Waals surface area contributed by atoms with Gasteiger partial charge >= 0.3 is 0 Å². The van der Waals surface area contributed by atoms with Gasteiger partial charge in [-0.25, -0.2) is 0 Å². The fraction of sp³-hybridized carbons (Fsp3) is 0.867. The largest absolute Gasteiger partial charge is 0.342 e. The van der Waals surface area contributed by atoms with Crippen LogP contribution in [0.4, 0.5) is 0 Å². The van der Waals surface area contributed by atoms with Crippen LogP contribution in [-0.2, 0) is 9.59 Å². The summed E-state index contributed by atoms with van der Waals surface area (Å²) in [5.74, 6) is 1.10. The van der Waals surface area contributed by atoms with Crippen molar-refractivity contribution in [3.63, 3.8) is 0 Å². The standard InChI is InChI=1S/C15H24N2O2/c1-11-5-7-16(8-6-11)15(19)12-9-14(18)17(10-12)13-3-2-4-13/h11-13H,2-10H2,1H3. The molecule has 1 atom stereocenters. The van der Waals surface area contributed by atoms with Crippen LogP contribution < -0.4 is 0 Å². The number of hydrogen-bond donors (Lipinski definition) is 0. The molecule has 106 valence electrons. The summed E-state index contributed by atoms with van der Waals surface area (Å²) in [5, 5.41) is 0. The molecular formula is C15H24N2O2. The Morgan fingerprint density at radius 2 is 1.84 bits per heavy atom. The molecule has 3 aliphatic rings. The first-order valence-corrected chi connectivity index (χ1v) is 7.73. The number of likely N-dealkylation sites (tertiary alicyclic amines) is 2. The highest BCUT2D eigenvalue weighted by atomic mass is 16.2. The molecule has 0 spiro atoms. The number of amides is 2. The molecule has 4 nitrogen and oxygen atoms in total. The first-order chi connectivity index (χ1) is 9.15. The molecule has 2 heterocycles. The molecule has 2 aliphatic heterocycles. The zero-order chi connectivity index (χ0) is 13.4. The highest BCUT2D eigenvalue weighted by molar-refractivity contribution is 5.89. The number of piperidine rings is 1. The van der Waals surface area contributed by atoms with Crippen LogP contribution in [0.2, 0.25) is 0 Å². The van der Waals surface area contributed by atoms with Crippen molar-refractivity contribution in [1.29, 1.82) is 0 Å². The molecular weight excluding hydrogens is 240 g/mol. The number of carbonyl (C=O) groups excluding carboxylic acids is 2. The van der Waals surface area contributed by atoms with E-state index in [1.165, 1.54) is 6.42 Å². The molecule has 1 aliphatic carbocycles.